The average Bonchev–Trinajstić information content (AvgIpc) is 2.15. The molecule has 0 aromatic carbocycles. The highest BCUT2D eigenvalue weighted by molar-refractivity contribution is 14.1. The van der Waals surface area contributed by atoms with Crippen molar-refractivity contribution >= 4 is 22.9 Å². The summed E-state index contributed by atoms with van der Waals surface area (Å²) in [5, 5.41) is 8.46. The molecular formula is C6H5IN2. The van der Waals surface area contributed by atoms with Crippen LogP contribution in [0, 0.1) is 18.3 Å². The molecule has 9 heavy (non-hydrogen) atoms. The summed E-state index contributed by atoms with van der Waals surface area (Å²) in [7, 11) is 0. The zero-order valence-corrected chi connectivity index (χ0v) is 7.08. The first-order valence-corrected chi connectivity index (χ1v) is 3.47. The molecule has 46 valence electrons. The van der Waals surface area contributed by atoms with Crippen molar-refractivity contribution in [2.24, 2.45) is 0 Å². The van der Waals surface area contributed by atoms with E-state index in [-0.39, 0.29) is 0 Å². The van der Waals surface area contributed by atoms with E-state index in [4.69, 9.17) is 5.26 Å². The van der Waals surface area contributed by atoms with Crippen LogP contribution in [0.2, 0.25) is 0 Å². The van der Waals surface area contributed by atoms with Crippen LogP contribution in [0.3, 0.4) is 0 Å². The fourth-order valence-corrected chi connectivity index (χ4v) is 1.03. The largest absolute Gasteiger partial charge is 0.278 e. The smallest absolute Gasteiger partial charge is 0.129 e. The molecule has 0 aliphatic carbocycles. The fraction of sp³-hybridized carbons (Fsp3) is 0.167. The van der Waals surface area contributed by atoms with E-state index in [9.17, 15) is 0 Å². The molecule has 0 bridgehead atoms. The second-order valence-electron chi connectivity index (χ2n) is 1.75. The summed E-state index contributed by atoms with van der Waals surface area (Å²) in [5.41, 5.74) is 1.81. The minimum atomic E-state index is 0.702. The molecule has 0 N–H and O–H groups in total. The Morgan fingerprint density at radius 2 is 2.33 bits per heavy atom. The number of nitrogens with zero attached hydrogens (tertiary/aromatic N) is 2. The third-order valence-corrected chi connectivity index (χ3v) is 2.40. The number of aromatic nitrogens is 1. The third-order valence-electron chi connectivity index (χ3n) is 1.12. The molecule has 0 unspecified atom stereocenters. The Morgan fingerprint density at radius 1 is 1.67 bits per heavy atom. The first-order valence-electron chi connectivity index (χ1n) is 2.50. The van der Waals surface area contributed by atoms with Crippen molar-refractivity contribution in [2.45, 2.75) is 6.92 Å². The summed E-state index contributed by atoms with van der Waals surface area (Å²) in [6, 6.07) is 5.80. The highest BCUT2D eigenvalue weighted by Gasteiger charge is 1.97. The third kappa shape index (κ3) is 1.08. The van der Waals surface area contributed by atoms with Gasteiger partial charge in [0.25, 0.3) is 0 Å². The Hall–Kier alpha value is -0.500. The van der Waals surface area contributed by atoms with Gasteiger partial charge in [0, 0.05) is 5.69 Å². The van der Waals surface area contributed by atoms with Crippen LogP contribution in [-0.4, -0.2) is 2.78 Å². The van der Waals surface area contributed by atoms with Crippen LogP contribution in [-0.2, 0) is 0 Å². The van der Waals surface area contributed by atoms with Crippen molar-refractivity contribution in [3.05, 3.63) is 23.5 Å². The van der Waals surface area contributed by atoms with Crippen LogP contribution >= 0.6 is 22.9 Å². The summed E-state index contributed by atoms with van der Waals surface area (Å²) >= 11 is 2.09. The second-order valence-corrected chi connectivity index (χ2v) is 2.72. The van der Waals surface area contributed by atoms with E-state index in [1.165, 1.54) is 0 Å². The Morgan fingerprint density at radius 3 is 2.56 bits per heavy atom. The molecule has 0 spiro atoms. The summed E-state index contributed by atoms with van der Waals surface area (Å²) in [6.45, 7) is 1.97. The maximum Gasteiger partial charge on any atom is 0.129 e. The number of rotatable bonds is 0. The van der Waals surface area contributed by atoms with Crippen molar-refractivity contribution in [2.75, 3.05) is 0 Å². The molecule has 0 amide bonds. The van der Waals surface area contributed by atoms with Gasteiger partial charge >= 0.3 is 0 Å². The molecule has 0 aliphatic heterocycles. The van der Waals surface area contributed by atoms with E-state index in [0.29, 0.717) is 5.69 Å². The SMILES string of the molecule is Cc1ccc(C#N)n1I. The Balaban J connectivity index is 3.24. The van der Waals surface area contributed by atoms with E-state index < -0.39 is 0 Å². The van der Waals surface area contributed by atoms with Gasteiger partial charge in [-0.2, -0.15) is 5.26 Å². The Labute approximate surface area is 67.6 Å². The monoisotopic (exact) mass is 232 g/mol. The maximum atomic E-state index is 8.46. The average molecular weight is 232 g/mol. The van der Waals surface area contributed by atoms with Crippen LogP contribution in [0.5, 0.6) is 0 Å². The summed E-state index contributed by atoms with van der Waals surface area (Å²) in [5.74, 6) is 0. The van der Waals surface area contributed by atoms with Gasteiger partial charge < -0.3 is 0 Å². The predicted octanol–water partition coefficient (Wildman–Crippen LogP) is 1.87. The standard InChI is InChI=1S/C6H5IN2/c1-5-2-3-6(4-8)9(5)7/h2-3H,1H3. The quantitative estimate of drug-likeness (QED) is 0.627. The van der Waals surface area contributed by atoms with Crippen molar-refractivity contribution in [3.8, 4) is 6.07 Å². The zero-order chi connectivity index (χ0) is 6.85. The van der Waals surface area contributed by atoms with Crippen molar-refractivity contribution < 1.29 is 0 Å². The molecule has 2 nitrogen and oxygen atoms in total. The Kier molecular flexibility index (Phi) is 1.76. The minimum absolute atomic E-state index is 0.702. The lowest BCUT2D eigenvalue weighted by atomic mass is 10.5. The van der Waals surface area contributed by atoms with Crippen LogP contribution in [0.25, 0.3) is 0 Å². The summed E-state index contributed by atoms with van der Waals surface area (Å²) < 4.78 is 1.83. The molecule has 0 atom stereocenters. The minimum Gasteiger partial charge on any atom is -0.278 e. The van der Waals surface area contributed by atoms with E-state index in [2.05, 4.69) is 28.9 Å². The van der Waals surface area contributed by atoms with Crippen LogP contribution < -0.4 is 0 Å². The predicted molar refractivity (Wildman–Crippen MR) is 43.3 cm³/mol. The van der Waals surface area contributed by atoms with Gasteiger partial charge in [-0.3, -0.25) is 2.78 Å². The van der Waals surface area contributed by atoms with E-state index in [0.717, 1.165) is 5.69 Å². The molecule has 0 aliphatic rings. The van der Waals surface area contributed by atoms with Gasteiger partial charge in [-0.1, -0.05) is 0 Å². The van der Waals surface area contributed by atoms with Gasteiger partial charge in [0.2, 0.25) is 0 Å². The molecule has 0 fully saturated rings. The Bertz CT molecular complexity index is 257. The van der Waals surface area contributed by atoms with E-state index in [1.54, 1.807) is 0 Å². The van der Waals surface area contributed by atoms with Gasteiger partial charge in [0.05, 0.1) is 22.9 Å². The van der Waals surface area contributed by atoms with Gasteiger partial charge in [0.1, 0.15) is 11.8 Å². The molecule has 1 aromatic heterocycles. The normalized spacial score (nSPS) is 9.00. The molecule has 1 aromatic rings. The number of hydrogen-bond donors (Lipinski definition) is 0. The zero-order valence-electron chi connectivity index (χ0n) is 4.93. The van der Waals surface area contributed by atoms with Gasteiger partial charge in [-0.15, -0.1) is 0 Å². The lowest BCUT2D eigenvalue weighted by Gasteiger charge is -1.90. The molecular weight excluding hydrogens is 227 g/mol. The second kappa shape index (κ2) is 2.40. The van der Waals surface area contributed by atoms with E-state index in [1.807, 2.05) is 21.8 Å². The molecule has 0 saturated carbocycles. The van der Waals surface area contributed by atoms with Gasteiger partial charge in [-0.05, 0) is 19.1 Å². The van der Waals surface area contributed by atoms with Crippen molar-refractivity contribution in [1.29, 1.82) is 5.26 Å². The maximum absolute atomic E-state index is 8.46. The number of aryl methyl sites for hydroxylation is 1. The molecule has 0 radical (unpaired) electrons. The van der Waals surface area contributed by atoms with Gasteiger partial charge in [0.15, 0.2) is 0 Å². The van der Waals surface area contributed by atoms with E-state index >= 15 is 0 Å². The number of halogens is 1. The first-order chi connectivity index (χ1) is 4.25. The number of hydrogen-bond acceptors (Lipinski definition) is 1. The summed E-state index contributed by atoms with van der Waals surface area (Å²) in [4.78, 5) is 0. The molecule has 1 heterocycles. The first kappa shape index (κ1) is 6.62. The molecule has 0 saturated heterocycles. The van der Waals surface area contributed by atoms with Crippen molar-refractivity contribution in [1.82, 2.24) is 2.78 Å². The van der Waals surface area contributed by atoms with Crippen LogP contribution in [0.4, 0.5) is 0 Å². The highest BCUT2D eigenvalue weighted by Crippen LogP contribution is 2.09. The van der Waals surface area contributed by atoms with Crippen LogP contribution in [0.1, 0.15) is 11.4 Å². The fourth-order valence-electron chi connectivity index (χ4n) is 0.602. The van der Waals surface area contributed by atoms with Crippen molar-refractivity contribution in [3.63, 3.8) is 0 Å². The summed E-state index contributed by atoms with van der Waals surface area (Å²) in [6.07, 6.45) is 0. The van der Waals surface area contributed by atoms with Crippen LogP contribution in [0.15, 0.2) is 12.1 Å². The van der Waals surface area contributed by atoms with Gasteiger partial charge in [-0.25, -0.2) is 0 Å². The molecule has 1 rings (SSSR count). The lowest BCUT2D eigenvalue weighted by molar-refractivity contribution is 1.20. The number of nitriles is 1. The lowest BCUT2D eigenvalue weighted by Crippen LogP contribution is -1.83. The highest BCUT2D eigenvalue weighted by atomic mass is 127. The molecule has 3 heteroatoms. The topological polar surface area (TPSA) is 28.7 Å².